The van der Waals surface area contributed by atoms with Gasteiger partial charge in [0, 0.05) is 5.56 Å². The van der Waals surface area contributed by atoms with Crippen LogP contribution in [0.3, 0.4) is 0 Å². The molecule has 4 nitrogen and oxygen atoms in total. The van der Waals surface area contributed by atoms with Crippen molar-refractivity contribution >= 4 is 40.7 Å². The van der Waals surface area contributed by atoms with Crippen LogP contribution in [-0.4, -0.2) is 34.1 Å². The van der Waals surface area contributed by atoms with E-state index in [2.05, 4.69) is 5.32 Å². The highest BCUT2D eigenvalue weighted by Gasteiger charge is 2.39. The lowest BCUT2D eigenvalue weighted by atomic mass is 10.2. The number of halogens is 3. The largest absolute Gasteiger partial charge is 0.497 e. The molecule has 7 heteroatoms. The summed E-state index contributed by atoms with van der Waals surface area (Å²) in [6, 6.07) is 6.35. The first-order valence-corrected chi connectivity index (χ1v) is 6.63. The minimum Gasteiger partial charge on any atom is -0.497 e. The van der Waals surface area contributed by atoms with Crippen molar-refractivity contribution < 1.29 is 14.6 Å². The molecule has 1 amide bonds. The molecule has 0 aliphatic carbocycles. The zero-order valence-corrected chi connectivity index (χ0v) is 12.6. The van der Waals surface area contributed by atoms with Crippen LogP contribution in [0.2, 0.25) is 0 Å². The van der Waals surface area contributed by atoms with Gasteiger partial charge in [0.25, 0.3) is 5.91 Å². The lowest BCUT2D eigenvalue weighted by Crippen LogP contribution is -2.50. The van der Waals surface area contributed by atoms with Crippen molar-refractivity contribution in [1.29, 1.82) is 0 Å². The number of ether oxygens (including phenoxy) is 1. The number of benzene rings is 1. The van der Waals surface area contributed by atoms with Crippen LogP contribution in [0, 0.1) is 0 Å². The average Bonchev–Trinajstić information content (AvgIpc) is 2.38. The van der Waals surface area contributed by atoms with E-state index in [0.29, 0.717) is 11.3 Å². The molecule has 0 spiro atoms. The molecule has 2 N–H and O–H groups in total. The number of aliphatic hydroxyl groups is 1. The summed E-state index contributed by atoms with van der Waals surface area (Å²) in [5.74, 6) is 0.105. The topological polar surface area (TPSA) is 58.6 Å². The molecule has 2 atom stereocenters. The molecule has 0 heterocycles. The summed E-state index contributed by atoms with van der Waals surface area (Å²) >= 11 is 17.4. The molecule has 0 saturated heterocycles. The van der Waals surface area contributed by atoms with Gasteiger partial charge < -0.3 is 15.2 Å². The smallest absolute Gasteiger partial charge is 0.253 e. The van der Waals surface area contributed by atoms with Crippen LogP contribution < -0.4 is 10.1 Å². The van der Waals surface area contributed by atoms with E-state index < -0.39 is 21.8 Å². The van der Waals surface area contributed by atoms with Crippen molar-refractivity contribution in [3.05, 3.63) is 29.8 Å². The molecule has 0 unspecified atom stereocenters. The van der Waals surface area contributed by atoms with Gasteiger partial charge in [-0.1, -0.05) is 23.2 Å². The van der Waals surface area contributed by atoms with Crippen LogP contribution in [0.15, 0.2) is 24.3 Å². The predicted octanol–water partition coefficient (Wildman–Crippen LogP) is 2.54. The van der Waals surface area contributed by atoms with E-state index in [1.165, 1.54) is 14.0 Å². The minimum absolute atomic E-state index is 0.339. The van der Waals surface area contributed by atoms with Gasteiger partial charge in [0.15, 0.2) is 10.6 Å². The summed E-state index contributed by atoms with van der Waals surface area (Å²) in [6.45, 7) is 1.52. The highest BCUT2D eigenvalue weighted by molar-refractivity contribution is 6.52. The predicted molar refractivity (Wildman–Crippen MR) is 76.2 cm³/mol. The van der Waals surface area contributed by atoms with Crippen molar-refractivity contribution in [3.8, 4) is 5.75 Å². The Morgan fingerprint density at radius 3 is 2.32 bits per heavy atom. The first-order chi connectivity index (χ1) is 8.78. The molecule has 0 aliphatic rings. The summed E-state index contributed by atoms with van der Waals surface area (Å²) in [5.41, 5.74) is 0.339. The number of amides is 1. The molecule has 0 fully saturated rings. The van der Waals surface area contributed by atoms with Crippen LogP contribution in [0.5, 0.6) is 5.75 Å². The van der Waals surface area contributed by atoms with E-state index in [-0.39, 0.29) is 0 Å². The first-order valence-electron chi connectivity index (χ1n) is 5.44. The number of aliphatic hydroxyl groups excluding tert-OH is 1. The Morgan fingerprint density at radius 1 is 1.37 bits per heavy atom. The maximum atomic E-state index is 11.9. The first kappa shape index (κ1) is 16.4. The number of rotatable bonds is 5. The molecule has 106 valence electrons. The van der Waals surface area contributed by atoms with Gasteiger partial charge in [-0.2, -0.15) is 0 Å². The van der Waals surface area contributed by atoms with E-state index in [9.17, 15) is 9.90 Å². The van der Waals surface area contributed by atoms with Crippen LogP contribution in [-0.2, 0) is 0 Å². The number of alkyl halides is 3. The third-order valence-electron chi connectivity index (χ3n) is 2.51. The Labute approximate surface area is 126 Å². The van der Waals surface area contributed by atoms with E-state index >= 15 is 0 Å². The average molecular weight is 327 g/mol. The van der Waals surface area contributed by atoms with Gasteiger partial charge in [-0.3, -0.25) is 4.79 Å². The Kier molecular flexibility index (Phi) is 5.74. The molecule has 0 bridgehead atoms. The zero-order valence-electron chi connectivity index (χ0n) is 10.4. The number of hydrogen-bond acceptors (Lipinski definition) is 3. The maximum Gasteiger partial charge on any atom is 0.253 e. The summed E-state index contributed by atoms with van der Waals surface area (Å²) in [6.07, 6.45) is -1.49. The van der Waals surface area contributed by atoms with Crippen LogP contribution in [0.4, 0.5) is 0 Å². The minimum atomic E-state index is -1.68. The van der Waals surface area contributed by atoms with Gasteiger partial charge in [0.05, 0.1) is 12.5 Å². The number of hydrogen-bond donors (Lipinski definition) is 2. The Bertz CT molecular complexity index is 434. The summed E-state index contributed by atoms with van der Waals surface area (Å²) in [5, 5.41) is 11.3. The van der Waals surface area contributed by atoms with Crippen molar-refractivity contribution in [2.45, 2.75) is 22.9 Å². The van der Waals surface area contributed by atoms with Crippen molar-refractivity contribution in [3.63, 3.8) is 0 Å². The van der Waals surface area contributed by atoms with E-state index in [1.54, 1.807) is 24.3 Å². The fourth-order valence-electron chi connectivity index (χ4n) is 1.26. The molecule has 19 heavy (non-hydrogen) atoms. The van der Waals surface area contributed by atoms with Gasteiger partial charge in [0.2, 0.25) is 0 Å². The van der Waals surface area contributed by atoms with E-state index in [1.807, 2.05) is 0 Å². The highest BCUT2D eigenvalue weighted by atomic mass is 35.5. The molecular formula is C12H14Cl3NO3. The van der Waals surface area contributed by atoms with Crippen LogP contribution >= 0.6 is 34.8 Å². The molecule has 1 aromatic carbocycles. The van der Waals surface area contributed by atoms with Gasteiger partial charge in [-0.25, -0.2) is 0 Å². The molecule has 1 rings (SSSR count). The molecule has 0 aromatic heterocycles. The van der Waals surface area contributed by atoms with Crippen molar-refractivity contribution in [2.75, 3.05) is 7.11 Å². The van der Waals surface area contributed by atoms with E-state index in [4.69, 9.17) is 39.5 Å². The second kappa shape index (κ2) is 6.66. The Morgan fingerprint density at radius 2 is 1.89 bits per heavy atom. The Balaban J connectivity index is 2.73. The summed E-state index contributed by atoms with van der Waals surface area (Å²) < 4.78 is 3.30. The van der Waals surface area contributed by atoms with E-state index in [0.717, 1.165) is 0 Å². The normalized spacial score (nSPS) is 14.6. The lowest BCUT2D eigenvalue weighted by Gasteiger charge is -2.28. The second-order valence-corrected chi connectivity index (χ2v) is 5.99. The monoisotopic (exact) mass is 325 g/mol. The maximum absolute atomic E-state index is 11.9. The third kappa shape index (κ3) is 4.14. The van der Waals surface area contributed by atoms with Gasteiger partial charge in [-0.05, 0) is 31.2 Å². The Hall–Kier alpha value is -0.680. The highest BCUT2D eigenvalue weighted by Crippen LogP contribution is 2.32. The fraction of sp³-hybridized carbons (Fsp3) is 0.417. The number of nitrogens with one attached hydrogen (secondary N) is 1. The van der Waals surface area contributed by atoms with Crippen molar-refractivity contribution in [2.24, 2.45) is 0 Å². The number of carbonyl (C=O) groups excluding carboxylic acids is 1. The second-order valence-electron chi connectivity index (χ2n) is 3.90. The molecule has 0 saturated carbocycles. The molecule has 0 radical (unpaired) electrons. The van der Waals surface area contributed by atoms with Gasteiger partial charge in [0.1, 0.15) is 5.75 Å². The molecule has 1 aromatic rings. The van der Waals surface area contributed by atoms with Gasteiger partial charge >= 0.3 is 0 Å². The lowest BCUT2D eigenvalue weighted by molar-refractivity contribution is 0.0742. The van der Waals surface area contributed by atoms with Crippen LogP contribution in [0.1, 0.15) is 17.3 Å². The quantitative estimate of drug-likeness (QED) is 0.646. The number of methoxy groups -OCH3 is 1. The number of carbonyl (C=O) groups is 1. The summed E-state index contributed by atoms with van der Waals surface area (Å²) in [4.78, 5) is 11.9. The molecular weight excluding hydrogens is 312 g/mol. The summed E-state index contributed by atoms with van der Waals surface area (Å²) in [7, 11) is 1.52. The molecule has 0 aliphatic heterocycles. The standard InChI is InChI=1S/C12H14Cl3NO3/c1-7(13)12(14,15)11(18)16-10(17)8-3-5-9(19-2)6-4-8/h3-7,11,18H,1-2H3,(H,16,17)/t7-,11-/m0/s1. The van der Waals surface area contributed by atoms with Crippen LogP contribution in [0.25, 0.3) is 0 Å². The van der Waals surface area contributed by atoms with Gasteiger partial charge in [-0.15, -0.1) is 11.6 Å². The zero-order chi connectivity index (χ0) is 14.6. The fourth-order valence-corrected chi connectivity index (χ4v) is 1.49. The SMILES string of the molecule is COc1ccc(C(=O)N[C@@H](O)C(Cl)(Cl)[C@H](C)Cl)cc1. The third-order valence-corrected chi connectivity index (χ3v) is 4.15. The van der Waals surface area contributed by atoms with Crippen molar-refractivity contribution in [1.82, 2.24) is 5.32 Å².